The molecule has 2 aromatic carbocycles. The van der Waals surface area contributed by atoms with Crippen LogP contribution in [0.4, 0.5) is 0 Å². The number of carbonyl (C=O) groups is 1. The number of aromatic nitrogens is 3. The van der Waals surface area contributed by atoms with Gasteiger partial charge in [0.05, 0.1) is 11.7 Å². The third-order valence-electron chi connectivity index (χ3n) is 4.40. The number of fused-ring (bicyclic) bond motifs is 1. The van der Waals surface area contributed by atoms with E-state index in [-0.39, 0.29) is 17.9 Å². The van der Waals surface area contributed by atoms with Crippen LogP contribution in [-0.4, -0.2) is 20.3 Å². The van der Waals surface area contributed by atoms with Gasteiger partial charge in [0, 0.05) is 18.1 Å². The molecule has 0 aliphatic rings. The van der Waals surface area contributed by atoms with Crippen LogP contribution in [0.1, 0.15) is 5.56 Å². The molecule has 0 radical (unpaired) electrons. The minimum atomic E-state index is -0.339. The fraction of sp³-hybridized carbons (Fsp3) is 0.0909. The summed E-state index contributed by atoms with van der Waals surface area (Å²) in [4.78, 5) is 28.8. The number of nitrogens with zero attached hydrogens (tertiary/aromatic N) is 4. The summed E-state index contributed by atoms with van der Waals surface area (Å²) in [5.41, 5.74) is 2.14. The van der Waals surface area contributed by atoms with E-state index in [4.69, 9.17) is 0 Å². The monoisotopic (exact) mass is 370 g/mol. The van der Waals surface area contributed by atoms with E-state index in [0.717, 1.165) is 5.56 Å². The van der Waals surface area contributed by atoms with E-state index in [0.29, 0.717) is 22.9 Å². The summed E-state index contributed by atoms with van der Waals surface area (Å²) in [6.07, 6.45) is 3.12. The van der Waals surface area contributed by atoms with Gasteiger partial charge in [-0.1, -0.05) is 48.5 Å². The van der Waals surface area contributed by atoms with Gasteiger partial charge in [0.1, 0.15) is 12.0 Å². The van der Waals surface area contributed by atoms with Crippen molar-refractivity contribution in [2.24, 2.45) is 4.99 Å². The average Bonchev–Trinajstić information content (AvgIpc) is 2.73. The van der Waals surface area contributed by atoms with E-state index in [1.165, 1.54) is 10.9 Å². The van der Waals surface area contributed by atoms with Crippen molar-refractivity contribution < 1.29 is 4.79 Å². The van der Waals surface area contributed by atoms with Crippen molar-refractivity contribution in [2.45, 2.75) is 13.1 Å². The smallest absolute Gasteiger partial charge is 0.269 e. The van der Waals surface area contributed by atoms with Gasteiger partial charge in [0.15, 0.2) is 0 Å². The van der Waals surface area contributed by atoms with Gasteiger partial charge < -0.3 is 4.57 Å². The van der Waals surface area contributed by atoms with Crippen LogP contribution in [0, 0.1) is 0 Å². The molecule has 0 aliphatic heterocycles. The number of carbonyl (C=O) groups excluding carboxylic acids is 1. The van der Waals surface area contributed by atoms with Crippen molar-refractivity contribution in [3.05, 3.63) is 106 Å². The first kappa shape index (κ1) is 17.6. The molecule has 6 heteroatoms. The summed E-state index contributed by atoms with van der Waals surface area (Å²) >= 11 is 0. The summed E-state index contributed by atoms with van der Waals surface area (Å²) in [5, 5.41) is 4.63. The van der Waals surface area contributed by atoms with Crippen molar-refractivity contribution in [1.82, 2.24) is 14.3 Å². The maximum absolute atomic E-state index is 12.6. The second-order valence-corrected chi connectivity index (χ2v) is 6.36. The summed E-state index contributed by atoms with van der Waals surface area (Å²) in [5.74, 6) is -0.339. The lowest BCUT2D eigenvalue weighted by atomic mass is 10.2. The number of benzene rings is 2. The molecule has 4 rings (SSSR count). The zero-order valence-electron chi connectivity index (χ0n) is 15.1. The Kier molecular flexibility index (Phi) is 4.93. The molecule has 138 valence electrons. The van der Waals surface area contributed by atoms with Gasteiger partial charge in [-0.25, -0.2) is 0 Å². The Hall–Kier alpha value is -3.80. The molecule has 0 spiro atoms. The largest absolute Gasteiger partial charge is 0.328 e. The molecule has 0 atom stereocenters. The molecule has 0 unspecified atom stereocenters. The maximum atomic E-state index is 12.6. The third-order valence-corrected chi connectivity index (χ3v) is 4.40. The van der Waals surface area contributed by atoms with Crippen LogP contribution in [0.25, 0.3) is 10.9 Å². The van der Waals surface area contributed by atoms with Crippen molar-refractivity contribution >= 4 is 16.8 Å². The zero-order valence-corrected chi connectivity index (χ0v) is 15.1. The van der Waals surface area contributed by atoms with Gasteiger partial charge in [0.2, 0.25) is 5.43 Å². The molecule has 0 fully saturated rings. The lowest BCUT2D eigenvalue weighted by Gasteiger charge is -2.08. The maximum Gasteiger partial charge on any atom is 0.269 e. The fourth-order valence-electron chi connectivity index (χ4n) is 3.06. The third kappa shape index (κ3) is 3.81. The molecule has 2 heterocycles. The van der Waals surface area contributed by atoms with Crippen LogP contribution in [0.15, 0.2) is 95.0 Å². The van der Waals surface area contributed by atoms with Gasteiger partial charge >= 0.3 is 0 Å². The second-order valence-electron chi connectivity index (χ2n) is 6.36. The number of hydrogen-bond donors (Lipinski definition) is 0. The molecular formula is C22H18N4O2. The Labute approximate surface area is 161 Å². The van der Waals surface area contributed by atoms with E-state index < -0.39 is 0 Å². The Morgan fingerprint density at radius 3 is 2.54 bits per heavy atom. The van der Waals surface area contributed by atoms with E-state index in [1.807, 2.05) is 59.3 Å². The predicted molar refractivity (Wildman–Crippen MR) is 107 cm³/mol. The highest BCUT2D eigenvalue weighted by Gasteiger charge is 2.07. The van der Waals surface area contributed by atoms with Crippen molar-refractivity contribution in [1.29, 1.82) is 0 Å². The minimum absolute atomic E-state index is 0.0407. The van der Waals surface area contributed by atoms with Crippen LogP contribution in [-0.2, 0) is 17.9 Å². The average molecular weight is 370 g/mol. The van der Waals surface area contributed by atoms with Crippen LogP contribution >= 0.6 is 0 Å². The normalized spacial score (nSPS) is 11.6. The van der Waals surface area contributed by atoms with Crippen molar-refractivity contribution in [3.8, 4) is 0 Å². The molecule has 28 heavy (non-hydrogen) atoms. The van der Waals surface area contributed by atoms with Crippen LogP contribution in [0.2, 0.25) is 0 Å². The fourth-order valence-corrected chi connectivity index (χ4v) is 3.06. The molecule has 0 saturated carbocycles. The first-order valence-electron chi connectivity index (χ1n) is 8.92. The highest BCUT2D eigenvalue weighted by atomic mass is 16.1. The number of hydrogen-bond acceptors (Lipinski definition) is 3. The molecule has 4 aromatic rings. The van der Waals surface area contributed by atoms with E-state index in [9.17, 15) is 9.59 Å². The van der Waals surface area contributed by atoms with Gasteiger partial charge in [-0.3, -0.25) is 14.3 Å². The minimum Gasteiger partial charge on any atom is -0.328 e. The second kappa shape index (κ2) is 7.84. The molecular weight excluding hydrogens is 352 g/mol. The van der Waals surface area contributed by atoms with Gasteiger partial charge in [-0.2, -0.15) is 10.1 Å². The van der Waals surface area contributed by atoms with Crippen molar-refractivity contribution in [3.63, 3.8) is 0 Å². The highest BCUT2D eigenvalue weighted by Crippen LogP contribution is 2.07. The van der Waals surface area contributed by atoms with Gasteiger partial charge in [-0.05, 0) is 29.8 Å². The summed E-state index contributed by atoms with van der Waals surface area (Å²) in [6.45, 7) is 0.577. The summed E-state index contributed by atoms with van der Waals surface area (Å²) < 4.78 is 3.43. The first-order chi connectivity index (χ1) is 13.7. The zero-order chi connectivity index (χ0) is 19.3. The molecule has 0 N–H and O–H groups in total. The number of para-hydroxylation sites is 1. The quantitative estimate of drug-likeness (QED) is 0.554. The molecule has 0 aliphatic carbocycles. The predicted octanol–water partition coefficient (Wildman–Crippen LogP) is 2.37. The SMILES string of the molecule is O=C(Cn1ncc(=O)c2ccccc21)N=c1ccccn1Cc1ccccc1. The molecule has 6 nitrogen and oxygen atoms in total. The number of pyridine rings is 1. The van der Waals surface area contributed by atoms with Gasteiger partial charge in [0.25, 0.3) is 5.91 Å². The van der Waals surface area contributed by atoms with Crippen LogP contribution in [0.5, 0.6) is 0 Å². The van der Waals surface area contributed by atoms with E-state index in [1.54, 1.807) is 24.3 Å². The standard InChI is InChI=1S/C22H18N4O2/c27-20-14-23-26(19-11-5-4-10-18(19)20)16-22(28)24-21-12-6-7-13-25(21)15-17-8-2-1-3-9-17/h1-14H,15-16H2. The van der Waals surface area contributed by atoms with Crippen molar-refractivity contribution in [2.75, 3.05) is 0 Å². The Morgan fingerprint density at radius 2 is 1.68 bits per heavy atom. The lowest BCUT2D eigenvalue weighted by Crippen LogP contribution is -2.24. The first-order valence-corrected chi connectivity index (χ1v) is 8.92. The molecule has 1 amide bonds. The Balaban J connectivity index is 1.65. The van der Waals surface area contributed by atoms with Crippen LogP contribution < -0.4 is 10.9 Å². The Bertz CT molecular complexity index is 1260. The molecule has 2 aromatic heterocycles. The highest BCUT2D eigenvalue weighted by molar-refractivity contribution is 5.81. The topological polar surface area (TPSA) is 69.2 Å². The van der Waals surface area contributed by atoms with Gasteiger partial charge in [-0.15, -0.1) is 0 Å². The Morgan fingerprint density at radius 1 is 0.929 bits per heavy atom. The van der Waals surface area contributed by atoms with Crippen LogP contribution in [0.3, 0.4) is 0 Å². The number of amides is 1. The molecule has 0 saturated heterocycles. The van der Waals surface area contributed by atoms with E-state index in [2.05, 4.69) is 10.1 Å². The molecule has 0 bridgehead atoms. The lowest BCUT2D eigenvalue weighted by molar-refractivity contribution is -0.118. The van der Waals surface area contributed by atoms with E-state index >= 15 is 0 Å². The summed E-state index contributed by atoms with van der Waals surface area (Å²) in [6, 6.07) is 22.6. The number of rotatable bonds is 4. The summed E-state index contributed by atoms with van der Waals surface area (Å²) in [7, 11) is 0.